The van der Waals surface area contributed by atoms with Gasteiger partial charge in [-0.3, -0.25) is 9.59 Å². The number of anilines is 2. The molecule has 0 radical (unpaired) electrons. The molecule has 3 heterocycles. The highest BCUT2D eigenvalue weighted by Gasteiger charge is 2.29. The van der Waals surface area contributed by atoms with Crippen LogP contribution in [0.2, 0.25) is 0 Å². The Kier molecular flexibility index (Phi) is 5.16. The number of ether oxygens (including phenoxy) is 1. The van der Waals surface area contributed by atoms with Crippen LogP contribution in [0.15, 0.2) is 36.0 Å². The van der Waals surface area contributed by atoms with Gasteiger partial charge < -0.3 is 19.4 Å². The summed E-state index contributed by atoms with van der Waals surface area (Å²) in [5.74, 6) is 0.762. The van der Waals surface area contributed by atoms with Crippen molar-refractivity contribution >= 4 is 23.2 Å². The van der Waals surface area contributed by atoms with Gasteiger partial charge in [0.1, 0.15) is 0 Å². The zero-order valence-corrected chi connectivity index (χ0v) is 15.9. The van der Waals surface area contributed by atoms with Crippen molar-refractivity contribution in [2.75, 3.05) is 49.2 Å². The van der Waals surface area contributed by atoms with E-state index in [1.807, 2.05) is 40.1 Å². The molecule has 0 aliphatic carbocycles. The van der Waals surface area contributed by atoms with E-state index in [0.29, 0.717) is 32.1 Å². The summed E-state index contributed by atoms with van der Waals surface area (Å²) in [6.45, 7) is 6.50. The first-order chi connectivity index (χ1) is 13.1. The zero-order valence-electron chi connectivity index (χ0n) is 15.9. The van der Waals surface area contributed by atoms with Crippen LogP contribution in [0.4, 0.5) is 11.4 Å². The minimum atomic E-state index is 0.0542. The molecule has 27 heavy (non-hydrogen) atoms. The molecule has 1 aromatic carbocycles. The van der Waals surface area contributed by atoms with Gasteiger partial charge in [0.2, 0.25) is 5.91 Å². The van der Waals surface area contributed by atoms with Gasteiger partial charge in [-0.05, 0) is 43.0 Å². The Morgan fingerprint density at radius 2 is 1.63 bits per heavy atom. The maximum absolute atomic E-state index is 13.0. The van der Waals surface area contributed by atoms with Crippen LogP contribution < -0.4 is 9.80 Å². The Balaban J connectivity index is 1.49. The van der Waals surface area contributed by atoms with Crippen LogP contribution in [0.5, 0.6) is 0 Å². The average Bonchev–Trinajstić information content (AvgIpc) is 2.71. The number of piperidine rings is 1. The second-order valence-corrected chi connectivity index (χ2v) is 7.60. The van der Waals surface area contributed by atoms with E-state index in [1.165, 1.54) is 0 Å². The highest BCUT2D eigenvalue weighted by atomic mass is 16.5. The third kappa shape index (κ3) is 3.72. The largest absolute Gasteiger partial charge is 0.378 e. The van der Waals surface area contributed by atoms with Gasteiger partial charge >= 0.3 is 0 Å². The van der Waals surface area contributed by atoms with Gasteiger partial charge in [-0.15, -0.1) is 0 Å². The van der Waals surface area contributed by atoms with Gasteiger partial charge in [0.05, 0.1) is 18.9 Å². The van der Waals surface area contributed by atoms with Crippen molar-refractivity contribution in [1.29, 1.82) is 0 Å². The van der Waals surface area contributed by atoms with Gasteiger partial charge in [0.15, 0.2) is 0 Å². The smallest absolute Gasteiger partial charge is 0.274 e. The molecule has 6 heteroatoms. The molecule has 1 aromatic rings. The van der Waals surface area contributed by atoms with Gasteiger partial charge in [0.25, 0.3) is 5.91 Å². The number of carbonyl (C=O) groups is 2. The molecule has 0 spiro atoms. The quantitative estimate of drug-likeness (QED) is 0.821. The Bertz CT molecular complexity index is 738. The summed E-state index contributed by atoms with van der Waals surface area (Å²) in [7, 11) is 0. The van der Waals surface area contributed by atoms with Crippen LogP contribution >= 0.6 is 0 Å². The third-order valence-corrected chi connectivity index (χ3v) is 5.63. The molecule has 3 aliphatic rings. The predicted molar refractivity (Wildman–Crippen MR) is 105 cm³/mol. The van der Waals surface area contributed by atoms with Crippen LogP contribution in [-0.4, -0.2) is 56.1 Å². The molecular formula is C21H27N3O3. The zero-order chi connectivity index (χ0) is 18.8. The van der Waals surface area contributed by atoms with Gasteiger partial charge in [-0.1, -0.05) is 13.0 Å². The molecule has 2 saturated heterocycles. The lowest BCUT2D eigenvalue weighted by Crippen LogP contribution is -2.45. The number of morpholine rings is 1. The predicted octanol–water partition coefficient (Wildman–Crippen LogP) is 2.40. The molecule has 0 saturated carbocycles. The molecule has 3 aliphatic heterocycles. The fraction of sp³-hybridized carbons (Fsp3) is 0.524. The normalized spacial score (nSPS) is 24.3. The SMILES string of the molecule is CC1CCC(=O)N(c2ccc(N3CCC=C(N4CCOCC4)C3=O)cc2)C1. The standard InChI is InChI=1S/C21H27N3O3/c1-16-4-9-20(25)24(15-16)18-7-5-17(6-8-18)23-10-2-3-19(21(23)26)22-11-13-27-14-12-22/h3,5-8,16H,2,4,9-15H2,1H3. The van der Waals surface area contributed by atoms with Crippen LogP contribution in [-0.2, 0) is 14.3 Å². The molecule has 4 rings (SSSR count). The van der Waals surface area contributed by atoms with Crippen molar-refractivity contribution < 1.29 is 14.3 Å². The summed E-state index contributed by atoms with van der Waals surface area (Å²) in [6.07, 6.45) is 4.47. The van der Waals surface area contributed by atoms with Crippen LogP contribution in [0, 0.1) is 5.92 Å². The van der Waals surface area contributed by atoms with Gasteiger partial charge in [-0.25, -0.2) is 0 Å². The number of amides is 2. The van der Waals surface area contributed by atoms with E-state index in [2.05, 4.69) is 11.8 Å². The Hall–Kier alpha value is -2.34. The summed E-state index contributed by atoms with van der Waals surface area (Å²) in [4.78, 5) is 31.1. The first-order valence-corrected chi connectivity index (χ1v) is 9.88. The van der Waals surface area contributed by atoms with Crippen molar-refractivity contribution in [3.8, 4) is 0 Å². The molecule has 0 N–H and O–H groups in total. The molecular weight excluding hydrogens is 342 g/mol. The van der Waals surface area contributed by atoms with E-state index in [0.717, 1.165) is 49.5 Å². The first-order valence-electron chi connectivity index (χ1n) is 9.88. The minimum Gasteiger partial charge on any atom is -0.378 e. The lowest BCUT2D eigenvalue weighted by atomic mass is 9.99. The summed E-state index contributed by atoms with van der Waals surface area (Å²) in [5.41, 5.74) is 2.59. The monoisotopic (exact) mass is 369 g/mol. The molecule has 2 fully saturated rings. The number of nitrogens with zero attached hydrogens (tertiary/aromatic N) is 3. The van der Waals surface area contributed by atoms with E-state index in [4.69, 9.17) is 4.74 Å². The van der Waals surface area contributed by atoms with Crippen LogP contribution in [0.25, 0.3) is 0 Å². The molecule has 0 bridgehead atoms. The van der Waals surface area contributed by atoms with E-state index >= 15 is 0 Å². The van der Waals surface area contributed by atoms with Gasteiger partial charge in [0, 0.05) is 44.0 Å². The van der Waals surface area contributed by atoms with E-state index in [1.54, 1.807) is 0 Å². The summed E-state index contributed by atoms with van der Waals surface area (Å²) in [6, 6.07) is 7.85. The number of rotatable bonds is 3. The van der Waals surface area contributed by atoms with Gasteiger partial charge in [-0.2, -0.15) is 0 Å². The van der Waals surface area contributed by atoms with Crippen molar-refractivity contribution in [1.82, 2.24) is 4.90 Å². The van der Waals surface area contributed by atoms with Crippen molar-refractivity contribution in [3.05, 3.63) is 36.0 Å². The fourth-order valence-corrected chi connectivity index (χ4v) is 4.04. The highest BCUT2D eigenvalue weighted by molar-refractivity contribution is 6.06. The minimum absolute atomic E-state index is 0.0542. The van der Waals surface area contributed by atoms with Crippen LogP contribution in [0.1, 0.15) is 26.2 Å². The van der Waals surface area contributed by atoms with Crippen LogP contribution in [0.3, 0.4) is 0 Å². The number of hydrogen-bond donors (Lipinski definition) is 0. The summed E-state index contributed by atoms with van der Waals surface area (Å²) >= 11 is 0. The second kappa shape index (κ2) is 7.72. The Morgan fingerprint density at radius 1 is 0.963 bits per heavy atom. The molecule has 6 nitrogen and oxygen atoms in total. The Morgan fingerprint density at radius 3 is 2.33 bits per heavy atom. The lowest BCUT2D eigenvalue weighted by molar-refractivity contribution is -0.120. The van der Waals surface area contributed by atoms with Crippen molar-refractivity contribution in [3.63, 3.8) is 0 Å². The average molecular weight is 369 g/mol. The maximum Gasteiger partial charge on any atom is 0.274 e. The Labute approximate surface area is 160 Å². The highest BCUT2D eigenvalue weighted by Crippen LogP contribution is 2.28. The number of hydrogen-bond acceptors (Lipinski definition) is 4. The van der Waals surface area contributed by atoms with E-state index in [-0.39, 0.29) is 11.8 Å². The number of carbonyl (C=O) groups excluding carboxylic acids is 2. The molecule has 2 amide bonds. The topological polar surface area (TPSA) is 53.1 Å². The molecule has 144 valence electrons. The second-order valence-electron chi connectivity index (χ2n) is 7.60. The first kappa shape index (κ1) is 18.0. The summed E-state index contributed by atoms with van der Waals surface area (Å²) in [5, 5.41) is 0. The lowest BCUT2D eigenvalue weighted by Gasteiger charge is -2.36. The van der Waals surface area contributed by atoms with E-state index < -0.39 is 0 Å². The third-order valence-electron chi connectivity index (χ3n) is 5.63. The molecule has 0 aromatic heterocycles. The van der Waals surface area contributed by atoms with Crippen molar-refractivity contribution in [2.45, 2.75) is 26.2 Å². The molecule has 1 unspecified atom stereocenters. The molecule has 1 atom stereocenters. The fourth-order valence-electron chi connectivity index (χ4n) is 4.04. The number of benzene rings is 1. The maximum atomic E-state index is 13.0. The summed E-state index contributed by atoms with van der Waals surface area (Å²) < 4.78 is 5.40. The van der Waals surface area contributed by atoms with E-state index in [9.17, 15) is 9.59 Å². The van der Waals surface area contributed by atoms with Crippen molar-refractivity contribution in [2.24, 2.45) is 5.92 Å².